The summed E-state index contributed by atoms with van der Waals surface area (Å²) in [5.74, 6) is -2.85. The summed E-state index contributed by atoms with van der Waals surface area (Å²) in [6, 6.07) is 3.33. The fourth-order valence-corrected chi connectivity index (χ4v) is 2.96. The number of primary amides is 1. The van der Waals surface area contributed by atoms with Gasteiger partial charge in [0.2, 0.25) is 5.91 Å². The van der Waals surface area contributed by atoms with E-state index in [2.05, 4.69) is 0 Å². The van der Waals surface area contributed by atoms with Crippen LogP contribution in [-0.2, 0) is 15.9 Å². The van der Waals surface area contributed by atoms with Crippen molar-refractivity contribution in [1.29, 1.82) is 0 Å². The molecule has 0 heterocycles. The number of benzene rings is 1. The van der Waals surface area contributed by atoms with Gasteiger partial charge in [-0.15, -0.1) is 11.6 Å². The maximum Gasteiger partial charge on any atom is 0.226 e. The van der Waals surface area contributed by atoms with Gasteiger partial charge in [0.25, 0.3) is 0 Å². The smallest absolute Gasteiger partial charge is 0.226 e. The van der Waals surface area contributed by atoms with Gasteiger partial charge in [0.15, 0.2) is 11.1 Å². The van der Waals surface area contributed by atoms with Gasteiger partial charge in [-0.25, -0.2) is 8.60 Å². The lowest BCUT2D eigenvalue weighted by molar-refractivity contribution is -0.119. The first-order valence-electron chi connectivity index (χ1n) is 4.78. The molecular formula is C10H10Cl2FNO3S. The Morgan fingerprint density at radius 1 is 1.56 bits per heavy atom. The van der Waals surface area contributed by atoms with Crippen LogP contribution in [0.25, 0.3) is 0 Å². The number of carbonyl (C=O) groups excluding carboxylic acids is 1. The minimum absolute atomic E-state index is 0.0423. The highest BCUT2D eigenvalue weighted by molar-refractivity contribution is 7.80. The topological polar surface area (TPSA) is 80.4 Å². The van der Waals surface area contributed by atoms with Crippen molar-refractivity contribution in [2.75, 3.05) is 5.88 Å². The van der Waals surface area contributed by atoms with E-state index >= 15 is 0 Å². The molecule has 0 saturated heterocycles. The zero-order chi connectivity index (χ0) is 13.9. The van der Waals surface area contributed by atoms with E-state index in [1.807, 2.05) is 0 Å². The molecule has 4 nitrogen and oxygen atoms in total. The number of hydrogen-bond acceptors (Lipinski definition) is 2. The Morgan fingerprint density at radius 2 is 2.17 bits per heavy atom. The second kappa shape index (κ2) is 6.47. The largest absolute Gasteiger partial charge is 0.369 e. The molecule has 1 amide bonds. The first-order valence-corrected chi connectivity index (χ1v) is 6.86. The predicted octanol–water partition coefficient (Wildman–Crippen LogP) is 1.88. The van der Waals surface area contributed by atoms with Crippen LogP contribution in [0.3, 0.4) is 0 Å². The van der Waals surface area contributed by atoms with E-state index in [1.165, 1.54) is 6.07 Å². The Labute approximate surface area is 116 Å². The van der Waals surface area contributed by atoms with Crippen LogP contribution in [0, 0.1) is 5.82 Å². The molecule has 0 fully saturated rings. The van der Waals surface area contributed by atoms with Crippen molar-refractivity contribution in [2.24, 2.45) is 5.73 Å². The zero-order valence-electron chi connectivity index (χ0n) is 8.98. The monoisotopic (exact) mass is 313 g/mol. The van der Waals surface area contributed by atoms with Crippen LogP contribution in [0.1, 0.15) is 11.5 Å². The maximum absolute atomic E-state index is 12.9. The Balaban J connectivity index is 3.27. The summed E-state index contributed by atoms with van der Waals surface area (Å²) < 4.78 is 33.1. The molecule has 0 spiro atoms. The van der Waals surface area contributed by atoms with Gasteiger partial charge in [0.1, 0.15) is 5.82 Å². The quantitative estimate of drug-likeness (QED) is 0.643. The molecule has 3 atom stereocenters. The minimum atomic E-state index is -2.35. The third-order valence-electron chi connectivity index (χ3n) is 2.39. The summed E-state index contributed by atoms with van der Waals surface area (Å²) in [5, 5.41) is -1.15. The zero-order valence-corrected chi connectivity index (χ0v) is 11.3. The molecule has 18 heavy (non-hydrogen) atoms. The lowest BCUT2D eigenvalue weighted by Crippen LogP contribution is -2.35. The average Bonchev–Trinajstić information content (AvgIpc) is 2.26. The summed E-state index contributed by atoms with van der Waals surface area (Å²) in [6.45, 7) is 0. The first-order chi connectivity index (χ1) is 8.38. The molecule has 0 radical (unpaired) electrons. The van der Waals surface area contributed by atoms with Crippen molar-refractivity contribution in [3.8, 4) is 0 Å². The lowest BCUT2D eigenvalue weighted by atomic mass is 9.95. The molecule has 0 aliphatic heterocycles. The molecular weight excluding hydrogens is 304 g/mol. The molecule has 0 aromatic heterocycles. The Hall–Kier alpha value is -0.690. The average molecular weight is 314 g/mol. The standard InChI is InChI=1S/C10H10Cl2FNO3S/c11-4-8(18(16)17)9(10(14)15)6-2-1-5(13)3-7(6)12/h1-3,8-9H,4H2,(H2,14,15)(H,16,17). The van der Waals surface area contributed by atoms with E-state index in [1.54, 1.807) is 0 Å². The van der Waals surface area contributed by atoms with Crippen LogP contribution in [0.2, 0.25) is 5.02 Å². The molecule has 1 rings (SSSR count). The van der Waals surface area contributed by atoms with Crippen molar-refractivity contribution in [1.82, 2.24) is 0 Å². The SMILES string of the molecule is NC(=O)C(c1ccc(F)cc1Cl)C(CCl)S(=O)O. The number of nitrogens with two attached hydrogens (primary N) is 1. The molecule has 0 aliphatic carbocycles. The summed E-state index contributed by atoms with van der Waals surface area (Å²) in [7, 11) is 0. The van der Waals surface area contributed by atoms with Gasteiger partial charge < -0.3 is 10.3 Å². The van der Waals surface area contributed by atoms with Crippen LogP contribution >= 0.6 is 23.2 Å². The van der Waals surface area contributed by atoms with Crippen molar-refractivity contribution in [3.63, 3.8) is 0 Å². The van der Waals surface area contributed by atoms with E-state index in [-0.39, 0.29) is 16.5 Å². The highest BCUT2D eigenvalue weighted by Crippen LogP contribution is 2.30. The number of halogens is 3. The number of alkyl halides is 1. The summed E-state index contributed by atoms with van der Waals surface area (Å²) in [6.07, 6.45) is 0. The minimum Gasteiger partial charge on any atom is -0.369 e. The van der Waals surface area contributed by atoms with Gasteiger partial charge in [0.05, 0.1) is 11.2 Å². The van der Waals surface area contributed by atoms with Gasteiger partial charge in [-0.05, 0) is 17.7 Å². The van der Waals surface area contributed by atoms with Crippen molar-refractivity contribution in [3.05, 3.63) is 34.6 Å². The Kier molecular flexibility index (Phi) is 5.52. The molecule has 1 aromatic rings. The third-order valence-corrected chi connectivity index (χ3v) is 4.19. The summed E-state index contributed by atoms with van der Waals surface area (Å²) in [5.41, 5.74) is 5.37. The van der Waals surface area contributed by atoms with Crippen LogP contribution in [0.15, 0.2) is 18.2 Å². The van der Waals surface area contributed by atoms with E-state index < -0.39 is 34.0 Å². The molecule has 100 valence electrons. The second-order valence-electron chi connectivity index (χ2n) is 3.51. The molecule has 3 N–H and O–H groups in total. The van der Waals surface area contributed by atoms with Crippen molar-refractivity contribution < 1.29 is 17.9 Å². The van der Waals surface area contributed by atoms with Gasteiger partial charge in [-0.3, -0.25) is 4.79 Å². The van der Waals surface area contributed by atoms with Crippen molar-refractivity contribution >= 4 is 40.2 Å². The van der Waals surface area contributed by atoms with E-state index in [9.17, 15) is 13.4 Å². The summed E-state index contributed by atoms with van der Waals surface area (Å²) >= 11 is 9.01. The van der Waals surface area contributed by atoms with Crippen LogP contribution in [0.4, 0.5) is 4.39 Å². The van der Waals surface area contributed by atoms with Gasteiger partial charge >= 0.3 is 0 Å². The molecule has 3 unspecified atom stereocenters. The number of rotatable bonds is 5. The number of amides is 1. The Bertz CT molecular complexity index is 486. The number of hydrogen-bond donors (Lipinski definition) is 2. The first kappa shape index (κ1) is 15.4. The fourth-order valence-electron chi connectivity index (χ4n) is 1.55. The van der Waals surface area contributed by atoms with Gasteiger partial charge in [0, 0.05) is 10.9 Å². The molecule has 0 bridgehead atoms. The third kappa shape index (κ3) is 3.41. The van der Waals surface area contributed by atoms with Gasteiger partial charge in [-0.1, -0.05) is 17.7 Å². The highest BCUT2D eigenvalue weighted by Gasteiger charge is 2.33. The van der Waals surface area contributed by atoms with Crippen LogP contribution in [-0.4, -0.2) is 25.8 Å². The van der Waals surface area contributed by atoms with Crippen LogP contribution in [0.5, 0.6) is 0 Å². The molecule has 1 aromatic carbocycles. The highest BCUT2D eigenvalue weighted by atomic mass is 35.5. The van der Waals surface area contributed by atoms with E-state index in [0.717, 1.165) is 12.1 Å². The molecule has 0 saturated carbocycles. The molecule has 0 aliphatic rings. The maximum atomic E-state index is 12.9. The van der Waals surface area contributed by atoms with E-state index in [4.69, 9.17) is 33.5 Å². The lowest BCUT2D eigenvalue weighted by Gasteiger charge is -2.21. The molecule has 8 heteroatoms. The fraction of sp³-hybridized carbons (Fsp3) is 0.300. The van der Waals surface area contributed by atoms with Crippen molar-refractivity contribution in [2.45, 2.75) is 11.2 Å². The second-order valence-corrected chi connectivity index (χ2v) is 5.39. The normalized spacial score (nSPS) is 16.0. The van der Waals surface area contributed by atoms with E-state index in [0.29, 0.717) is 0 Å². The van der Waals surface area contributed by atoms with Crippen LogP contribution < -0.4 is 5.73 Å². The summed E-state index contributed by atoms with van der Waals surface area (Å²) in [4.78, 5) is 11.4. The predicted molar refractivity (Wildman–Crippen MR) is 68.6 cm³/mol. The van der Waals surface area contributed by atoms with Gasteiger partial charge in [-0.2, -0.15) is 0 Å². The number of carbonyl (C=O) groups is 1. The Morgan fingerprint density at radius 3 is 2.56 bits per heavy atom.